The molecule has 1 heterocycles. The smallest absolute Gasteiger partial charge is 0.190 e. The molecule has 0 fully saturated rings. The highest BCUT2D eigenvalue weighted by atomic mass is 35.5. The highest BCUT2D eigenvalue weighted by Crippen LogP contribution is 2.14. The molecule has 2 rings (SSSR count). The Kier molecular flexibility index (Phi) is 8.05. The van der Waals surface area contributed by atoms with Crippen molar-refractivity contribution in [3.8, 4) is 0 Å². The van der Waals surface area contributed by atoms with Gasteiger partial charge in [-0.15, -0.1) is 11.3 Å². The minimum Gasteiger partial charge on any atom is -0.356 e. The molecule has 0 atom stereocenters. The second-order valence-electron chi connectivity index (χ2n) is 5.61. The van der Waals surface area contributed by atoms with Crippen LogP contribution in [0.4, 0.5) is 0 Å². The van der Waals surface area contributed by atoms with Crippen molar-refractivity contribution < 1.29 is 0 Å². The molecule has 0 aliphatic rings. The highest BCUT2D eigenvalue weighted by Gasteiger charge is 2.02. The molecule has 4 nitrogen and oxygen atoms in total. The zero-order chi connectivity index (χ0) is 17.2. The lowest BCUT2D eigenvalue weighted by molar-refractivity contribution is 0.691. The molecule has 0 bridgehead atoms. The number of nitrogens with zero attached hydrogens (tertiary/aromatic N) is 2. The molecule has 0 spiro atoms. The third-order valence-corrected chi connectivity index (χ3v) is 5.04. The molecule has 0 amide bonds. The van der Waals surface area contributed by atoms with Gasteiger partial charge in [-0.3, -0.25) is 4.99 Å². The molecule has 6 heteroatoms. The maximum atomic E-state index is 6.17. The van der Waals surface area contributed by atoms with Gasteiger partial charge in [0.25, 0.3) is 0 Å². The Morgan fingerprint density at radius 3 is 2.67 bits per heavy atom. The quantitative estimate of drug-likeness (QED) is 0.425. The van der Waals surface area contributed by atoms with Crippen molar-refractivity contribution in [1.82, 2.24) is 15.6 Å². The number of guanidine groups is 1. The van der Waals surface area contributed by atoms with Crippen molar-refractivity contribution in [2.45, 2.75) is 32.6 Å². The maximum absolute atomic E-state index is 6.17. The van der Waals surface area contributed by atoms with E-state index in [1.54, 1.807) is 18.4 Å². The molecule has 0 saturated carbocycles. The van der Waals surface area contributed by atoms with E-state index in [1.165, 1.54) is 5.01 Å². The minimum absolute atomic E-state index is 0.807. The lowest BCUT2D eigenvalue weighted by Crippen LogP contribution is -2.38. The number of unbranched alkanes of at least 4 members (excludes halogenated alkanes) is 1. The number of aromatic nitrogens is 1. The van der Waals surface area contributed by atoms with E-state index >= 15 is 0 Å². The molecule has 2 aromatic rings. The largest absolute Gasteiger partial charge is 0.356 e. The Hall–Kier alpha value is -1.59. The molecule has 0 saturated heterocycles. The van der Waals surface area contributed by atoms with Gasteiger partial charge in [0, 0.05) is 36.2 Å². The van der Waals surface area contributed by atoms with Crippen molar-refractivity contribution in [2.24, 2.45) is 4.99 Å². The van der Waals surface area contributed by atoms with E-state index in [0.29, 0.717) is 0 Å². The molecule has 0 unspecified atom stereocenters. The van der Waals surface area contributed by atoms with Crippen molar-refractivity contribution in [3.05, 3.63) is 50.9 Å². The van der Waals surface area contributed by atoms with Crippen molar-refractivity contribution in [3.63, 3.8) is 0 Å². The number of hydrogen-bond acceptors (Lipinski definition) is 3. The maximum Gasteiger partial charge on any atom is 0.190 e. The number of hydrogen-bond donors (Lipinski definition) is 2. The van der Waals surface area contributed by atoms with Gasteiger partial charge in [-0.1, -0.05) is 29.8 Å². The Balaban J connectivity index is 1.59. The zero-order valence-electron chi connectivity index (χ0n) is 14.3. The summed E-state index contributed by atoms with van der Waals surface area (Å²) in [6.07, 6.45) is 4.17. The molecule has 0 aliphatic carbocycles. The summed E-state index contributed by atoms with van der Waals surface area (Å²) in [6.45, 7) is 3.76. The fraction of sp³-hybridized carbons (Fsp3) is 0.444. The van der Waals surface area contributed by atoms with E-state index in [-0.39, 0.29) is 0 Å². The topological polar surface area (TPSA) is 49.3 Å². The van der Waals surface area contributed by atoms with Crippen LogP contribution in [0.1, 0.15) is 29.1 Å². The van der Waals surface area contributed by atoms with Crippen LogP contribution in [0.2, 0.25) is 5.02 Å². The van der Waals surface area contributed by atoms with Crippen LogP contribution >= 0.6 is 22.9 Å². The molecular formula is C18H25ClN4S. The fourth-order valence-electron chi connectivity index (χ4n) is 2.36. The number of rotatable bonds is 8. The van der Waals surface area contributed by atoms with Gasteiger partial charge in [-0.2, -0.15) is 0 Å². The van der Waals surface area contributed by atoms with E-state index in [1.807, 2.05) is 25.1 Å². The summed E-state index contributed by atoms with van der Waals surface area (Å²) in [5.41, 5.74) is 2.28. The first kappa shape index (κ1) is 18.7. The van der Waals surface area contributed by atoms with Crippen LogP contribution in [0.15, 0.2) is 34.6 Å². The number of thiazole rings is 1. The molecule has 1 aromatic carbocycles. The van der Waals surface area contributed by atoms with Crippen LogP contribution < -0.4 is 10.6 Å². The van der Waals surface area contributed by atoms with Crippen LogP contribution in [-0.2, 0) is 12.8 Å². The van der Waals surface area contributed by atoms with E-state index < -0.39 is 0 Å². The van der Waals surface area contributed by atoms with Crippen molar-refractivity contribution >= 4 is 28.9 Å². The Morgan fingerprint density at radius 1 is 1.17 bits per heavy atom. The molecule has 130 valence electrons. The monoisotopic (exact) mass is 364 g/mol. The highest BCUT2D eigenvalue weighted by molar-refractivity contribution is 7.09. The van der Waals surface area contributed by atoms with Gasteiger partial charge >= 0.3 is 0 Å². The summed E-state index contributed by atoms with van der Waals surface area (Å²) >= 11 is 7.92. The zero-order valence-corrected chi connectivity index (χ0v) is 15.9. The molecule has 1 aromatic heterocycles. The van der Waals surface area contributed by atoms with Crippen LogP contribution in [-0.4, -0.2) is 31.1 Å². The Labute approximate surface area is 153 Å². The summed E-state index contributed by atoms with van der Waals surface area (Å²) in [7, 11) is 1.79. The van der Waals surface area contributed by atoms with Crippen LogP contribution in [0.25, 0.3) is 0 Å². The van der Waals surface area contributed by atoms with Crippen LogP contribution in [0.5, 0.6) is 0 Å². The molecule has 2 N–H and O–H groups in total. The summed E-state index contributed by atoms with van der Waals surface area (Å²) in [5.74, 6) is 0.840. The van der Waals surface area contributed by atoms with Crippen LogP contribution in [0.3, 0.4) is 0 Å². The Bertz CT molecular complexity index is 654. The summed E-state index contributed by atoms with van der Waals surface area (Å²) in [5, 5.41) is 10.8. The van der Waals surface area contributed by atoms with Gasteiger partial charge in [-0.05, 0) is 44.2 Å². The third-order valence-electron chi connectivity index (χ3n) is 3.64. The van der Waals surface area contributed by atoms with Gasteiger partial charge in [0.2, 0.25) is 0 Å². The minimum atomic E-state index is 0.807. The summed E-state index contributed by atoms with van der Waals surface area (Å²) in [6, 6.07) is 7.94. The average Bonchev–Trinajstić information content (AvgIpc) is 3.00. The van der Waals surface area contributed by atoms with Gasteiger partial charge in [-0.25, -0.2) is 4.98 Å². The van der Waals surface area contributed by atoms with E-state index in [0.717, 1.165) is 61.0 Å². The number of benzene rings is 1. The summed E-state index contributed by atoms with van der Waals surface area (Å²) in [4.78, 5) is 8.74. The first-order chi connectivity index (χ1) is 11.7. The lowest BCUT2D eigenvalue weighted by atomic mass is 10.1. The third kappa shape index (κ3) is 6.49. The average molecular weight is 365 g/mol. The molecule has 24 heavy (non-hydrogen) atoms. The summed E-state index contributed by atoms with van der Waals surface area (Å²) < 4.78 is 0. The predicted octanol–water partition coefficient (Wildman–Crippen LogP) is 3.84. The van der Waals surface area contributed by atoms with Gasteiger partial charge in [0.15, 0.2) is 5.96 Å². The van der Waals surface area contributed by atoms with Crippen molar-refractivity contribution in [2.75, 3.05) is 20.1 Å². The first-order valence-corrected chi connectivity index (χ1v) is 9.53. The number of aliphatic imine (C=N–C) groups is 1. The normalized spacial score (nSPS) is 11.5. The SMILES string of the molecule is CN=C(NCCCCc1nc(C)cs1)NCCc1ccccc1Cl. The predicted molar refractivity (Wildman–Crippen MR) is 104 cm³/mol. The van der Waals surface area contributed by atoms with E-state index in [9.17, 15) is 0 Å². The molecule has 0 aliphatic heterocycles. The number of aryl methyl sites for hydroxylation is 2. The first-order valence-electron chi connectivity index (χ1n) is 8.28. The number of nitrogens with one attached hydrogen (secondary N) is 2. The fourth-order valence-corrected chi connectivity index (χ4v) is 3.41. The number of halogens is 1. The molecule has 0 radical (unpaired) electrons. The Morgan fingerprint density at radius 2 is 1.96 bits per heavy atom. The second-order valence-corrected chi connectivity index (χ2v) is 6.96. The van der Waals surface area contributed by atoms with E-state index in [4.69, 9.17) is 11.6 Å². The standard InChI is InChI=1S/C18H25ClN4S/c1-14-13-24-17(23-14)9-5-6-11-21-18(20-2)22-12-10-15-7-3-4-8-16(15)19/h3-4,7-8,13H,5-6,9-12H2,1-2H3,(H2,20,21,22). The molecular weight excluding hydrogens is 340 g/mol. The van der Waals surface area contributed by atoms with Gasteiger partial charge < -0.3 is 10.6 Å². The van der Waals surface area contributed by atoms with Gasteiger partial charge in [0.1, 0.15) is 0 Å². The van der Waals surface area contributed by atoms with Gasteiger partial charge in [0.05, 0.1) is 5.01 Å². The lowest BCUT2D eigenvalue weighted by Gasteiger charge is -2.12. The van der Waals surface area contributed by atoms with Crippen molar-refractivity contribution in [1.29, 1.82) is 0 Å². The van der Waals surface area contributed by atoms with Crippen LogP contribution in [0, 0.1) is 6.92 Å². The second kappa shape index (κ2) is 10.3. The van der Waals surface area contributed by atoms with E-state index in [2.05, 4.69) is 32.1 Å².